The van der Waals surface area contributed by atoms with E-state index in [9.17, 15) is 14.0 Å². The number of fused-ring (bicyclic) bond motifs is 1. The molecule has 6 heteroatoms. The lowest BCUT2D eigenvalue weighted by atomic mass is 10.1. The third-order valence-electron chi connectivity index (χ3n) is 3.28. The fraction of sp³-hybridized carbons (Fsp3) is 0.375. The highest BCUT2D eigenvalue weighted by atomic mass is 32.1. The first kappa shape index (κ1) is 16.4. The van der Waals surface area contributed by atoms with E-state index < -0.39 is 5.97 Å². The number of esters is 1. The maximum absolute atomic E-state index is 13.8. The van der Waals surface area contributed by atoms with Crippen LogP contribution >= 0.6 is 11.3 Å². The Kier molecular flexibility index (Phi) is 5.49. The summed E-state index contributed by atoms with van der Waals surface area (Å²) in [6.45, 7) is 3.95. The Morgan fingerprint density at radius 3 is 2.82 bits per heavy atom. The van der Waals surface area contributed by atoms with Crippen molar-refractivity contribution in [2.45, 2.75) is 26.7 Å². The summed E-state index contributed by atoms with van der Waals surface area (Å²) >= 11 is 1.17. The van der Waals surface area contributed by atoms with E-state index in [1.54, 1.807) is 19.1 Å². The molecule has 1 heterocycles. The minimum absolute atomic E-state index is 0.321. The average Bonchev–Trinajstić information content (AvgIpc) is 2.83. The lowest BCUT2D eigenvalue weighted by Gasteiger charge is -2.05. The molecule has 1 aromatic heterocycles. The Morgan fingerprint density at radius 1 is 1.36 bits per heavy atom. The van der Waals surface area contributed by atoms with Gasteiger partial charge < -0.3 is 10.1 Å². The van der Waals surface area contributed by atoms with Crippen LogP contribution in [0, 0.1) is 12.7 Å². The quantitative estimate of drug-likeness (QED) is 0.654. The van der Waals surface area contributed by atoms with Gasteiger partial charge in [-0.3, -0.25) is 4.79 Å². The second-order valence-electron chi connectivity index (χ2n) is 4.95. The lowest BCUT2D eigenvalue weighted by molar-refractivity contribution is -0.124. The Bertz CT molecular complexity index is 696. The van der Waals surface area contributed by atoms with Gasteiger partial charge in [-0.25, -0.2) is 9.18 Å². The molecule has 1 N–H and O–H groups in total. The Balaban J connectivity index is 2.03. The highest BCUT2D eigenvalue weighted by Crippen LogP contribution is 2.32. The number of thiophene rings is 1. The summed E-state index contributed by atoms with van der Waals surface area (Å²) in [5, 5.41) is 3.10. The lowest BCUT2D eigenvalue weighted by Crippen LogP contribution is -2.29. The van der Waals surface area contributed by atoms with Crippen LogP contribution in [0.3, 0.4) is 0 Å². The van der Waals surface area contributed by atoms with Gasteiger partial charge in [0.15, 0.2) is 6.61 Å². The molecule has 0 spiro atoms. The summed E-state index contributed by atoms with van der Waals surface area (Å²) < 4.78 is 19.5. The van der Waals surface area contributed by atoms with Crippen molar-refractivity contribution in [1.82, 2.24) is 5.32 Å². The van der Waals surface area contributed by atoms with Gasteiger partial charge in [-0.05, 0) is 31.0 Å². The van der Waals surface area contributed by atoms with E-state index in [2.05, 4.69) is 5.32 Å². The highest BCUT2D eigenvalue weighted by Gasteiger charge is 2.19. The molecule has 0 unspecified atom stereocenters. The van der Waals surface area contributed by atoms with Gasteiger partial charge >= 0.3 is 5.97 Å². The largest absolute Gasteiger partial charge is 0.451 e. The number of unbranched alkanes of at least 4 members (excludes halogenated alkanes) is 1. The van der Waals surface area contributed by atoms with E-state index in [1.807, 2.05) is 6.92 Å². The van der Waals surface area contributed by atoms with Crippen LogP contribution in [0.25, 0.3) is 10.1 Å². The SMILES string of the molecule is CCCCNC(=O)COC(=O)c1sc2cccc(F)c2c1C. The van der Waals surface area contributed by atoms with E-state index >= 15 is 0 Å². The van der Waals surface area contributed by atoms with E-state index in [0.29, 0.717) is 27.1 Å². The van der Waals surface area contributed by atoms with Crippen LogP contribution in [0.4, 0.5) is 4.39 Å². The molecular weight excluding hydrogens is 305 g/mol. The molecule has 0 bridgehead atoms. The van der Waals surface area contributed by atoms with Gasteiger partial charge in [0.25, 0.3) is 5.91 Å². The monoisotopic (exact) mass is 323 g/mol. The summed E-state index contributed by atoms with van der Waals surface area (Å²) in [4.78, 5) is 23.9. The van der Waals surface area contributed by atoms with E-state index in [0.717, 1.165) is 12.8 Å². The highest BCUT2D eigenvalue weighted by molar-refractivity contribution is 7.21. The van der Waals surface area contributed by atoms with Crippen LogP contribution < -0.4 is 5.32 Å². The van der Waals surface area contributed by atoms with Gasteiger partial charge in [-0.1, -0.05) is 19.4 Å². The smallest absolute Gasteiger partial charge is 0.349 e. The number of hydrogen-bond acceptors (Lipinski definition) is 4. The van der Waals surface area contributed by atoms with Crippen LogP contribution in [0.1, 0.15) is 35.0 Å². The standard InChI is InChI=1S/C16H18FNO3S/c1-3-4-8-18-13(19)9-21-16(20)15-10(2)14-11(17)6-5-7-12(14)22-15/h5-7H,3-4,8-9H2,1-2H3,(H,18,19). The van der Waals surface area contributed by atoms with E-state index in [4.69, 9.17) is 4.74 Å². The minimum Gasteiger partial charge on any atom is -0.451 e. The molecule has 2 aromatic rings. The normalized spacial score (nSPS) is 10.7. The second kappa shape index (κ2) is 7.35. The molecule has 118 valence electrons. The number of amides is 1. The number of aryl methyl sites for hydroxylation is 1. The predicted molar refractivity (Wildman–Crippen MR) is 84.7 cm³/mol. The molecule has 0 fully saturated rings. The molecule has 0 saturated carbocycles. The summed E-state index contributed by atoms with van der Waals surface area (Å²) in [5.41, 5.74) is 0.550. The molecule has 2 rings (SSSR count). The van der Waals surface area contributed by atoms with Gasteiger partial charge in [0.1, 0.15) is 10.7 Å². The van der Waals surface area contributed by atoms with Crippen molar-refractivity contribution in [1.29, 1.82) is 0 Å². The second-order valence-corrected chi connectivity index (χ2v) is 6.00. The maximum Gasteiger partial charge on any atom is 0.349 e. The molecule has 0 radical (unpaired) electrons. The predicted octanol–water partition coefficient (Wildman–Crippen LogP) is 3.42. The molecule has 1 aromatic carbocycles. The zero-order valence-corrected chi connectivity index (χ0v) is 13.4. The van der Waals surface area contributed by atoms with Gasteiger partial charge in [-0.15, -0.1) is 11.3 Å². The van der Waals surface area contributed by atoms with E-state index in [-0.39, 0.29) is 18.3 Å². The van der Waals surface area contributed by atoms with Crippen LogP contribution in [-0.4, -0.2) is 25.0 Å². The van der Waals surface area contributed by atoms with Gasteiger partial charge in [-0.2, -0.15) is 0 Å². The Hall–Kier alpha value is -1.95. The summed E-state index contributed by atoms with van der Waals surface area (Å²) in [6, 6.07) is 4.71. The first-order valence-electron chi connectivity index (χ1n) is 7.16. The Labute approximate surface area is 132 Å². The van der Waals surface area contributed by atoms with Gasteiger partial charge in [0, 0.05) is 16.6 Å². The van der Waals surface area contributed by atoms with Crippen molar-refractivity contribution in [3.63, 3.8) is 0 Å². The minimum atomic E-state index is -0.594. The first-order valence-corrected chi connectivity index (χ1v) is 7.97. The molecule has 22 heavy (non-hydrogen) atoms. The van der Waals surface area contributed by atoms with Crippen molar-refractivity contribution in [3.8, 4) is 0 Å². The average molecular weight is 323 g/mol. The topological polar surface area (TPSA) is 55.4 Å². The zero-order valence-electron chi connectivity index (χ0n) is 12.6. The van der Waals surface area contributed by atoms with E-state index in [1.165, 1.54) is 17.4 Å². The molecule has 0 aliphatic heterocycles. The van der Waals surface area contributed by atoms with Gasteiger partial charge in [0.2, 0.25) is 0 Å². The number of ether oxygens (including phenoxy) is 1. The van der Waals surface area contributed by atoms with Crippen molar-refractivity contribution in [2.75, 3.05) is 13.2 Å². The molecular formula is C16H18FNO3S. The molecule has 0 atom stereocenters. The third kappa shape index (κ3) is 3.62. The summed E-state index contributed by atoms with van der Waals surface area (Å²) in [5.74, 6) is -1.28. The third-order valence-corrected chi connectivity index (χ3v) is 4.51. The molecule has 0 aliphatic rings. The number of halogens is 1. The fourth-order valence-corrected chi connectivity index (χ4v) is 3.22. The van der Waals surface area contributed by atoms with Crippen molar-refractivity contribution < 1.29 is 18.7 Å². The molecule has 1 amide bonds. The van der Waals surface area contributed by atoms with Crippen molar-refractivity contribution in [3.05, 3.63) is 34.5 Å². The molecule has 0 aliphatic carbocycles. The van der Waals surface area contributed by atoms with Crippen LogP contribution in [0.2, 0.25) is 0 Å². The summed E-state index contributed by atoms with van der Waals surface area (Å²) in [6.07, 6.45) is 1.86. The number of carbonyl (C=O) groups excluding carboxylic acids is 2. The molecule has 4 nitrogen and oxygen atoms in total. The number of hydrogen-bond donors (Lipinski definition) is 1. The number of carbonyl (C=O) groups is 2. The fourth-order valence-electron chi connectivity index (χ4n) is 2.10. The van der Waals surface area contributed by atoms with Crippen LogP contribution in [0.15, 0.2) is 18.2 Å². The zero-order chi connectivity index (χ0) is 16.1. The number of rotatable bonds is 6. The van der Waals surface area contributed by atoms with Crippen molar-refractivity contribution >= 4 is 33.3 Å². The van der Waals surface area contributed by atoms with Crippen LogP contribution in [-0.2, 0) is 9.53 Å². The van der Waals surface area contributed by atoms with Gasteiger partial charge in [0.05, 0.1) is 0 Å². The number of benzene rings is 1. The molecule has 0 saturated heterocycles. The maximum atomic E-state index is 13.8. The Morgan fingerprint density at radius 2 is 2.14 bits per heavy atom. The first-order chi connectivity index (χ1) is 10.5. The van der Waals surface area contributed by atoms with Crippen LogP contribution in [0.5, 0.6) is 0 Å². The number of nitrogens with one attached hydrogen (secondary N) is 1. The van der Waals surface area contributed by atoms with Crippen molar-refractivity contribution in [2.24, 2.45) is 0 Å². The summed E-state index contributed by atoms with van der Waals surface area (Å²) in [7, 11) is 0.